The molecule has 1 aliphatic heterocycles. The molecule has 0 atom stereocenters. The molecule has 0 radical (unpaired) electrons. The van der Waals surface area contributed by atoms with Crippen molar-refractivity contribution in [2.75, 3.05) is 13.2 Å². The molecule has 1 aromatic heterocycles. The molecule has 2 fully saturated rings. The monoisotopic (exact) mass is 550 g/mol. The molecule has 1 aromatic carbocycles. The highest BCUT2D eigenvalue weighted by molar-refractivity contribution is 7.17. The summed E-state index contributed by atoms with van der Waals surface area (Å²) in [7, 11) is 0. The Balaban J connectivity index is 1.53. The van der Waals surface area contributed by atoms with Crippen LogP contribution in [0.3, 0.4) is 0 Å². The lowest BCUT2D eigenvalue weighted by Crippen LogP contribution is -2.35. The largest absolute Gasteiger partial charge is 0.493 e. The van der Waals surface area contributed by atoms with Crippen LogP contribution in [0, 0.1) is 11.3 Å². The molecule has 2 aromatic rings. The van der Waals surface area contributed by atoms with Crippen LogP contribution in [0.4, 0.5) is 0 Å². The summed E-state index contributed by atoms with van der Waals surface area (Å²) in [4.78, 5) is 31.2. The molecule has 0 bridgehead atoms. The molecule has 0 saturated heterocycles. The van der Waals surface area contributed by atoms with Crippen molar-refractivity contribution in [3.63, 3.8) is 0 Å². The third-order valence-corrected chi connectivity index (χ3v) is 10.1. The Bertz CT molecular complexity index is 1230. The Kier molecular flexibility index (Phi) is 7.73. The summed E-state index contributed by atoms with van der Waals surface area (Å²) in [5, 5.41) is 3.62. The maximum absolute atomic E-state index is 13.4. The standard InChI is InChI=1S/C33H46N2O3S/c1-21(36)19-32(5,6)20-34-29(37)30-35-26(16-22-10-8-7-9-11-22)28(39-30)23-17-24(31(2,3)4)27-25(18-23)33(12-13-33)14-15-38-27/h17-18,22H,7-16,19-20H2,1-6H3,(H,34,37). The van der Waals surface area contributed by atoms with Crippen LogP contribution >= 0.6 is 11.3 Å². The molecule has 0 unspecified atom stereocenters. The molecule has 2 saturated carbocycles. The van der Waals surface area contributed by atoms with Gasteiger partial charge in [-0.1, -0.05) is 66.7 Å². The van der Waals surface area contributed by atoms with Gasteiger partial charge in [0.1, 0.15) is 11.5 Å². The lowest BCUT2D eigenvalue weighted by atomic mass is 9.79. The first-order chi connectivity index (χ1) is 18.4. The van der Waals surface area contributed by atoms with Crippen molar-refractivity contribution in [3.05, 3.63) is 34.0 Å². The summed E-state index contributed by atoms with van der Waals surface area (Å²) in [5.74, 6) is 1.73. The minimum Gasteiger partial charge on any atom is -0.493 e. The predicted molar refractivity (Wildman–Crippen MR) is 159 cm³/mol. The minimum absolute atomic E-state index is 0.0514. The predicted octanol–water partition coefficient (Wildman–Crippen LogP) is 7.78. The summed E-state index contributed by atoms with van der Waals surface area (Å²) < 4.78 is 6.33. The van der Waals surface area contributed by atoms with Gasteiger partial charge in [-0.15, -0.1) is 11.3 Å². The van der Waals surface area contributed by atoms with Gasteiger partial charge in [0.15, 0.2) is 5.01 Å². The van der Waals surface area contributed by atoms with Gasteiger partial charge in [-0.3, -0.25) is 4.79 Å². The molecular formula is C33H46N2O3S. The summed E-state index contributed by atoms with van der Waals surface area (Å²) in [6, 6.07) is 4.68. The highest BCUT2D eigenvalue weighted by atomic mass is 32.1. The van der Waals surface area contributed by atoms with E-state index in [1.54, 1.807) is 6.92 Å². The second-order valence-corrected chi connectivity index (χ2v) is 15.3. The van der Waals surface area contributed by atoms with Crippen molar-refractivity contribution >= 4 is 23.0 Å². The van der Waals surface area contributed by atoms with Crippen LogP contribution < -0.4 is 10.1 Å². The highest BCUT2D eigenvalue weighted by Gasteiger charge is 2.49. The van der Waals surface area contributed by atoms with E-state index in [0.717, 1.165) is 35.8 Å². The van der Waals surface area contributed by atoms with Crippen molar-refractivity contribution in [3.8, 4) is 16.2 Å². The SMILES string of the molecule is CC(=O)CC(C)(C)CNC(=O)c1nc(CC2CCCCC2)c(-c2cc(C(C)(C)C)c3c(c2)C2(CCO3)CC2)s1. The molecule has 1 spiro atoms. The molecule has 2 aliphatic carbocycles. The van der Waals surface area contributed by atoms with Crippen molar-refractivity contribution in [1.82, 2.24) is 10.3 Å². The average molecular weight is 551 g/mol. The Labute approximate surface area is 238 Å². The van der Waals surface area contributed by atoms with E-state index in [0.29, 0.717) is 23.9 Å². The number of hydrogen-bond donors (Lipinski definition) is 1. The van der Waals surface area contributed by atoms with E-state index < -0.39 is 0 Å². The van der Waals surface area contributed by atoms with Gasteiger partial charge in [-0.25, -0.2) is 4.98 Å². The number of fused-ring (bicyclic) bond motifs is 2. The van der Waals surface area contributed by atoms with E-state index in [9.17, 15) is 9.59 Å². The van der Waals surface area contributed by atoms with Gasteiger partial charge in [-0.2, -0.15) is 0 Å². The number of Topliss-reactive ketones (excluding diaryl/α,β-unsaturated/α-hetero) is 1. The van der Waals surface area contributed by atoms with E-state index >= 15 is 0 Å². The van der Waals surface area contributed by atoms with Gasteiger partial charge in [0.25, 0.3) is 5.91 Å². The van der Waals surface area contributed by atoms with Gasteiger partial charge in [0.05, 0.1) is 17.2 Å². The zero-order valence-corrected chi connectivity index (χ0v) is 25.6. The molecule has 1 amide bonds. The van der Waals surface area contributed by atoms with E-state index in [-0.39, 0.29) is 27.9 Å². The van der Waals surface area contributed by atoms with E-state index in [4.69, 9.17) is 9.72 Å². The first-order valence-electron chi connectivity index (χ1n) is 15.0. The molecule has 5 rings (SSSR count). The van der Waals surface area contributed by atoms with E-state index in [2.05, 4.69) is 38.2 Å². The van der Waals surface area contributed by atoms with Crippen molar-refractivity contribution in [2.45, 2.75) is 117 Å². The zero-order chi connectivity index (χ0) is 28.0. The number of rotatable bonds is 8. The van der Waals surface area contributed by atoms with Crippen LogP contribution in [0.2, 0.25) is 0 Å². The second kappa shape index (κ2) is 10.6. The maximum Gasteiger partial charge on any atom is 0.280 e. The second-order valence-electron chi connectivity index (χ2n) is 14.3. The molecule has 39 heavy (non-hydrogen) atoms. The Morgan fingerprint density at radius 3 is 2.44 bits per heavy atom. The summed E-state index contributed by atoms with van der Waals surface area (Å²) >= 11 is 1.53. The summed E-state index contributed by atoms with van der Waals surface area (Å²) in [6.07, 6.45) is 11.3. The molecule has 2 heterocycles. The fraction of sp³-hybridized carbons (Fsp3) is 0.667. The minimum atomic E-state index is -0.287. The number of nitrogens with one attached hydrogen (secondary N) is 1. The number of nitrogens with zero attached hydrogens (tertiary/aromatic N) is 1. The number of aromatic nitrogens is 1. The maximum atomic E-state index is 13.4. The van der Waals surface area contributed by atoms with Crippen LogP contribution in [0.15, 0.2) is 12.1 Å². The quantitative estimate of drug-likeness (QED) is 0.364. The molecule has 5 nitrogen and oxygen atoms in total. The third-order valence-electron chi connectivity index (χ3n) is 8.96. The van der Waals surface area contributed by atoms with E-state index in [1.807, 2.05) is 13.8 Å². The summed E-state index contributed by atoms with van der Waals surface area (Å²) in [6.45, 7) is 13.7. The summed E-state index contributed by atoms with van der Waals surface area (Å²) in [5.41, 5.74) is 4.81. The molecular weight excluding hydrogens is 504 g/mol. The van der Waals surface area contributed by atoms with Crippen molar-refractivity contribution in [1.29, 1.82) is 0 Å². The number of thiazole rings is 1. The number of carbonyl (C=O) groups excluding carboxylic acids is 2. The normalized spacial score (nSPS) is 18.9. The van der Waals surface area contributed by atoms with E-state index in [1.165, 1.54) is 73.0 Å². The van der Waals surface area contributed by atoms with Gasteiger partial charge in [0, 0.05) is 29.5 Å². The topological polar surface area (TPSA) is 68.3 Å². The lowest BCUT2D eigenvalue weighted by molar-refractivity contribution is -0.118. The molecule has 3 aliphatic rings. The van der Waals surface area contributed by atoms with Gasteiger partial charge in [0.2, 0.25) is 0 Å². The van der Waals surface area contributed by atoms with Gasteiger partial charge in [-0.05, 0) is 67.1 Å². The first kappa shape index (κ1) is 28.3. The van der Waals surface area contributed by atoms with Crippen molar-refractivity contribution in [2.24, 2.45) is 11.3 Å². The Hall–Kier alpha value is -2.21. The number of carbonyl (C=O) groups is 2. The highest BCUT2D eigenvalue weighted by Crippen LogP contribution is 2.58. The Morgan fingerprint density at radius 2 is 1.79 bits per heavy atom. The number of ketones is 1. The molecule has 1 N–H and O–H groups in total. The van der Waals surface area contributed by atoms with Crippen LogP contribution in [0.25, 0.3) is 10.4 Å². The third kappa shape index (κ3) is 6.26. The Morgan fingerprint density at radius 1 is 1.08 bits per heavy atom. The van der Waals surface area contributed by atoms with Gasteiger partial charge < -0.3 is 14.8 Å². The zero-order valence-electron chi connectivity index (χ0n) is 24.8. The first-order valence-corrected chi connectivity index (χ1v) is 15.8. The lowest BCUT2D eigenvalue weighted by Gasteiger charge is -2.32. The van der Waals surface area contributed by atoms with Crippen LogP contribution in [-0.4, -0.2) is 29.8 Å². The van der Waals surface area contributed by atoms with Crippen LogP contribution in [-0.2, 0) is 22.0 Å². The number of hydrogen-bond acceptors (Lipinski definition) is 5. The fourth-order valence-electron chi connectivity index (χ4n) is 6.63. The number of ether oxygens (including phenoxy) is 1. The van der Waals surface area contributed by atoms with Crippen molar-refractivity contribution < 1.29 is 14.3 Å². The molecule has 212 valence electrons. The number of amides is 1. The number of benzene rings is 1. The van der Waals surface area contributed by atoms with Crippen LogP contribution in [0.5, 0.6) is 5.75 Å². The molecule has 6 heteroatoms. The van der Waals surface area contributed by atoms with Crippen LogP contribution in [0.1, 0.15) is 126 Å². The average Bonchev–Trinajstić information content (AvgIpc) is 3.51. The smallest absolute Gasteiger partial charge is 0.280 e. The fourth-order valence-corrected chi connectivity index (χ4v) is 7.63. The van der Waals surface area contributed by atoms with Gasteiger partial charge >= 0.3 is 0 Å².